The number of benzene rings is 2. The molecule has 0 bridgehead atoms. The fourth-order valence-corrected chi connectivity index (χ4v) is 3.17. The predicted octanol–water partition coefficient (Wildman–Crippen LogP) is 4.64. The second kappa shape index (κ2) is 9.30. The maximum Gasteiger partial charge on any atom is 0.338 e. The molecule has 0 radical (unpaired) electrons. The summed E-state index contributed by atoms with van der Waals surface area (Å²) < 4.78 is 10.3. The molecule has 0 aliphatic heterocycles. The van der Waals surface area contributed by atoms with Gasteiger partial charge in [-0.05, 0) is 75.2 Å². The molecule has 3 aromatic rings. The number of carbonyl (C=O) groups is 3. The quantitative estimate of drug-likeness (QED) is 0.566. The topological polar surface area (TPSA) is 97.6 Å². The highest BCUT2D eigenvalue weighted by Crippen LogP contribution is 2.22. The third-order valence-corrected chi connectivity index (χ3v) is 4.70. The van der Waals surface area contributed by atoms with Gasteiger partial charge in [-0.2, -0.15) is 0 Å². The first-order chi connectivity index (χ1) is 14.7. The first-order valence-electron chi connectivity index (χ1n) is 9.79. The highest BCUT2D eigenvalue weighted by Gasteiger charge is 2.20. The molecule has 1 aromatic heterocycles. The van der Waals surface area contributed by atoms with E-state index in [1.807, 2.05) is 32.9 Å². The van der Waals surface area contributed by atoms with Crippen molar-refractivity contribution in [1.82, 2.24) is 0 Å². The zero-order valence-corrected chi connectivity index (χ0v) is 17.8. The molecule has 2 amide bonds. The van der Waals surface area contributed by atoms with Crippen molar-refractivity contribution in [1.29, 1.82) is 0 Å². The Morgan fingerprint density at radius 2 is 1.58 bits per heavy atom. The fraction of sp³-hybridized carbons (Fsp3) is 0.208. The molecule has 0 aliphatic carbocycles. The van der Waals surface area contributed by atoms with Crippen molar-refractivity contribution < 1.29 is 23.5 Å². The lowest BCUT2D eigenvalue weighted by Crippen LogP contribution is -2.30. The minimum Gasteiger partial charge on any atom is -0.459 e. The highest BCUT2D eigenvalue weighted by molar-refractivity contribution is 6.02. The summed E-state index contributed by atoms with van der Waals surface area (Å²) in [5.41, 5.74) is 4.46. The van der Waals surface area contributed by atoms with Crippen LogP contribution in [0.4, 0.5) is 11.4 Å². The number of hydrogen-bond donors (Lipinski definition) is 2. The zero-order valence-electron chi connectivity index (χ0n) is 17.8. The van der Waals surface area contributed by atoms with Crippen molar-refractivity contribution in [3.8, 4) is 0 Å². The van der Waals surface area contributed by atoms with Gasteiger partial charge in [0.25, 0.3) is 11.8 Å². The molecule has 0 spiro atoms. The summed E-state index contributed by atoms with van der Waals surface area (Å²) in [6, 6.07) is 13.3. The molecular weight excluding hydrogens is 396 g/mol. The van der Waals surface area contributed by atoms with Gasteiger partial charge in [-0.1, -0.05) is 17.7 Å². The molecule has 2 aromatic carbocycles. The maximum absolute atomic E-state index is 12.5. The van der Waals surface area contributed by atoms with Gasteiger partial charge in [0.05, 0.1) is 11.8 Å². The summed E-state index contributed by atoms with van der Waals surface area (Å²) in [5, 5.41) is 5.50. The van der Waals surface area contributed by atoms with Gasteiger partial charge in [0.2, 0.25) is 0 Å². The van der Waals surface area contributed by atoms with E-state index in [1.54, 1.807) is 24.3 Å². The van der Waals surface area contributed by atoms with Crippen LogP contribution in [-0.4, -0.2) is 23.9 Å². The summed E-state index contributed by atoms with van der Waals surface area (Å²) in [7, 11) is 0. The molecule has 7 heteroatoms. The van der Waals surface area contributed by atoms with Crippen molar-refractivity contribution in [2.24, 2.45) is 0 Å². The van der Waals surface area contributed by atoms with Crippen LogP contribution < -0.4 is 10.6 Å². The highest BCUT2D eigenvalue weighted by atomic mass is 16.5. The lowest BCUT2D eigenvalue weighted by molar-refractivity contribution is -0.123. The second-order valence-corrected chi connectivity index (χ2v) is 7.32. The molecule has 0 fully saturated rings. The normalized spacial score (nSPS) is 11.5. The molecule has 31 heavy (non-hydrogen) atoms. The number of amides is 2. The Labute approximate surface area is 180 Å². The first-order valence-corrected chi connectivity index (χ1v) is 9.79. The van der Waals surface area contributed by atoms with E-state index in [4.69, 9.17) is 9.15 Å². The molecule has 1 atom stereocenters. The number of ether oxygens (including phenoxy) is 1. The molecular formula is C24H24N2O5. The van der Waals surface area contributed by atoms with Crippen molar-refractivity contribution in [3.05, 3.63) is 82.8 Å². The monoisotopic (exact) mass is 420 g/mol. The van der Waals surface area contributed by atoms with Crippen molar-refractivity contribution in [3.63, 3.8) is 0 Å². The Hall–Kier alpha value is -3.87. The Morgan fingerprint density at radius 1 is 0.935 bits per heavy atom. The van der Waals surface area contributed by atoms with Gasteiger partial charge in [-0.25, -0.2) is 4.79 Å². The van der Waals surface area contributed by atoms with Crippen LogP contribution >= 0.6 is 0 Å². The third-order valence-electron chi connectivity index (χ3n) is 4.70. The number of hydrogen-bond acceptors (Lipinski definition) is 5. The molecule has 0 unspecified atom stereocenters. The molecule has 0 saturated heterocycles. The second-order valence-electron chi connectivity index (χ2n) is 7.32. The van der Waals surface area contributed by atoms with Crippen LogP contribution in [0.1, 0.15) is 44.5 Å². The lowest BCUT2D eigenvalue weighted by atomic mass is 10.0. The average molecular weight is 420 g/mol. The Morgan fingerprint density at radius 3 is 2.16 bits per heavy atom. The van der Waals surface area contributed by atoms with Gasteiger partial charge >= 0.3 is 5.97 Å². The molecule has 0 aliphatic rings. The van der Waals surface area contributed by atoms with E-state index < -0.39 is 23.9 Å². The van der Waals surface area contributed by atoms with E-state index in [0.29, 0.717) is 5.69 Å². The van der Waals surface area contributed by atoms with Gasteiger partial charge in [-0.3, -0.25) is 9.59 Å². The van der Waals surface area contributed by atoms with Crippen molar-refractivity contribution in [2.45, 2.75) is 33.8 Å². The van der Waals surface area contributed by atoms with E-state index in [0.717, 1.165) is 22.4 Å². The average Bonchev–Trinajstić information content (AvgIpc) is 3.26. The molecule has 0 saturated carbocycles. The van der Waals surface area contributed by atoms with Gasteiger partial charge in [0.15, 0.2) is 11.9 Å². The fourth-order valence-electron chi connectivity index (χ4n) is 3.17. The van der Waals surface area contributed by atoms with Gasteiger partial charge in [0.1, 0.15) is 0 Å². The smallest absolute Gasteiger partial charge is 0.338 e. The molecule has 3 rings (SSSR count). The Bertz CT molecular complexity index is 1080. The molecule has 160 valence electrons. The van der Waals surface area contributed by atoms with Crippen LogP contribution in [0.25, 0.3) is 0 Å². The van der Waals surface area contributed by atoms with Gasteiger partial charge < -0.3 is 19.8 Å². The number of esters is 1. The number of carbonyl (C=O) groups excluding carboxylic acids is 3. The van der Waals surface area contributed by atoms with Crippen LogP contribution in [0.3, 0.4) is 0 Å². The Kier molecular flexibility index (Phi) is 6.55. The van der Waals surface area contributed by atoms with Crippen LogP contribution in [-0.2, 0) is 9.53 Å². The third kappa shape index (κ3) is 5.39. The SMILES string of the molecule is Cc1cc(C)c(NC(=O)[C@H](C)OC(=O)c2ccc(NC(=O)c3ccco3)cc2)c(C)c1. The Balaban J connectivity index is 1.59. The van der Waals surface area contributed by atoms with Gasteiger partial charge in [0, 0.05) is 11.4 Å². The number of nitrogens with one attached hydrogen (secondary N) is 2. The lowest BCUT2D eigenvalue weighted by Gasteiger charge is -2.17. The summed E-state index contributed by atoms with van der Waals surface area (Å²) in [6.07, 6.45) is 0.429. The number of anilines is 2. The van der Waals surface area contributed by atoms with Crippen LogP contribution in [0.5, 0.6) is 0 Å². The number of aryl methyl sites for hydroxylation is 3. The largest absolute Gasteiger partial charge is 0.459 e. The van der Waals surface area contributed by atoms with E-state index in [9.17, 15) is 14.4 Å². The van der Waals surface area contributed by atoms with E-state index >= 15 is 0 Å². The molecule has 1 heterocycles. The number of furan rings is 1. The van der Waals surface area contributed by atoms with E-state index in [1.165, 1.54) is 25.3 Å². The van der Waals surface area contributed by atoms with Crippen LogP contribution in [0.15, 0.2) is 59.2 Å². The minimum absolute atomic E-state index is 0.183. The summed E-state index contributed by atoms with van der Waals surface area (Å²) in [6.45, 7) is 7.34. The van der Waals surface area contributed by atoms with Crippen LogP contribution in [0.2, 0.25) is 0 Å². The summed E-state index contributed by atoms with van der Waals surface area (Å²) in [5.74, 6) is -1.26. The first kappa shape index (κ1) is 21.8. The molecule has 2 N–H and O–H groups in total. The minimum atomic E-state index is -0.981. The van der Waals surface area contributed by atoms with Gasteiger partial charge in [-0.15, -0.1) is 0 Å². The summed E-state index contributed by atoms with van der Waals surface area (Å²) in [4.78, 5) is 36.9. The number of rotatable bonds is 6. The van der Waals surface area contributed by atoms with Crippen molar-refractivity contribution in [2.75, 3.05) is 10.6 Å². The van der Waals surface area contributed by atoms with E-state index in [-0.39, 0.29) is 11.3 Å². The maximum atomic E-state index is 12.5. The van der Waals surface area contributed by atoms with Crippen LogP contribution in [0, 0.1) is 20.8 Å². The van der Waals surface area contributed by atoms with E-state index in [2.05, 4.69) is 10.6 Å². The standard InChI is InChI=1S/C24H24N2O5/c1-14-12-15(2)21(16(3)13-14)26-22(27)17(4)31-24(29)18-7-9-19(10-8-18)25-23(28)20-6-5-11-30-20/h5-13,17H,1-4H3,(H,25,28)(H,26,27)/t17-/m0/s1. The van der Waals surface area contributed by atoms with Crippen molar-refractivity contribution >= 4 is 29.2 Å². The zero-order chi connectivity index (χ0) is 22.5. The molecule has 7 nitrogen and oxygen atoms in total. The predicted molar refractivity (Wildman–Crippen MR) is 117 cm³/mol. The summed E-state index contributed by atoms with van der Waals surface area (Å²) >= 11 is 0.